The zero-order valence-corrected chi connectivity index (χ0v) is 16.2. The minimum Gasteiger partial charge on any atom is -0.307 e. The van der Waals surface area contributed by atoms with E-state index in [1.54, 1.807) is 6.07 Å². The molecule has 25 heavy (non-hydrogen) atoms. The number of nitrogens with one attached hydrogen (secondary N) is 1. The van der Waals surface area contributed by atoms with Crippen molar-refractivity contribution in [2.75, 3.05) is 13.6 Å². The highest BCUT2D eigenvalue weighted by Crippen LogP contribution is 2.11. The molecular weight excluding hydrogens is 429 g/mol. The molecule has 0 unspecified atom stereocenters. The minimum atomic E-state index is -0.343. The Morgan fingerprint density at radius 2 is 1.88 bits per heavy atom. The average Bonchev–Trinajstić information content (AvgIpc) is 2.59. The quantitative estimate of drug-likeness (QED) is 0.589. The maximum atomic E-state index is 12.6. The molecule has 2 aromatic carbocycles. The summed E-state index contributed by atoms with van der Waals surface area (Å²) in [6.07, 6.45) is 0.738. The zero-order valence-electron chi connectivity index (χ0n) is 14.0. The molecule has 0 fully saturated rings. The number of aromatic nitrogens is 2. The lowest BCUT2D eigenvalue weighted by Crippen LogP contribution is -2.36. The van der Waals surface area contributed by atoms with Crippen LogP contribution >= 0.6 is 22.6 Å². The number of H-pyrrole nitrogens is 1. The van der Waals surface area contributed by atoms with Gasteiger partial charge in [-0.25, -0.2) is 4.79 Å². The molecular formula is C19H20IN3O2. The van der Waals surface area contributed by atoms with Crippen LogP contribution in [0, 0.1) is 3.57 Å². The van der Waals surface area contributed by atoms with Gasteiger partial charge in [-0.3, -0.25) is 9.36 Å². The van der Waals surface area contributed by atoms with E-state index in [0.29, 0.717) is 17.4 Å². The Hall–Kier alpha value is -1.93. The third-order valence-corrected chi connectivity index (χ3v) is 4.83. The molecule has 0 aliphatic heterocycles. The third kappa shape index (κ3) is 4.38. The van der Waals surface area contributed by atoms with Gasteiger partial charge in [0, 0.05) is 16.7 Å². The monoisotopic (exact) mass is 449 g/mol. The van der Waals surface area contributed by atoms with E-state index in [2.05, 4.69) is 44.6 Å². The van der Waals surface area contributed by atoms with Crippen molar-refractivity contribution in [3.05, 3.63) is 78.5 Å². The number of hydrogen-bond acceptors (Lipinski definition) is 3. The van der Waals surface area contributed by atoms with Crippen molar-refractivity contribution < 1.29 is 0 Å². The van der Waals surface area contributed by atoms with Crippen LogP contribution in [0.15, 0.2) is 58.1 Å². The lowest BCUT2D eigenvalue weighted by Gasteiger charge is -2.16. The van der Waals surface area contributed by atoms with E-state index in [1.165, 1.54) is 10.1 Å². The van der Waals surface area contributed by atoms with Gasteiger partial charge in [-0.1, -0.05) is 30.3 Å². The van der Waals surface area contributed by atoms with Gasteiger partial charge in [0.05, 0.1) is 10.9 Å². The maximum Gasteiger partial charge on any atom is 0.328 e. The van der Waals surface area contributed by atoms with Crippen LogP contribution in [0.2, 0.25) is 0 Å². The summed E-state index contributed by atoms with van der Waals surface area (Å²) in [5.41, 5.74) is 1.28. The number of benzene rings is 2. The summed E-state index contributed by atoms with van der Waals surface area (Å²) < 4.78 is 2.28. The molecule has 5 nitrogen and oxygen atoms in total. The molecule has 1 N–H and O–H groups in total. The standard InChI is InChI=1S/C19H20IN3O2/c1-22(13-14-6-3-2-4-7-14)10-5-11-23-18(24)16-12-15(20)8-9-17(16)21-19(23)25/h2-4,6-9,12H,5,10-11,13H2,1H3,(H,21,25). The van der Waals surface area contributed by atoms with Crippen LogP contribution in [-0.2, 0) is 13.1 Å². The van der Waals surface area contributed by atoms with E-state index in [4.69, 9.17) is 0 Å². The molecule has 3 rings (SSSR count). The summed E-state index contributed by atoms with van der Waals surface area (Å²) in [5.74, 6) is 0. The molecule has 0 radical (unpaired) electrons. The number of aromatic amines is 1. The molecule has 0 spiro atoms. The topological polar surface area (TPSA) is 58.1 Å². The Bertz CT molecular complexity index is 979. The normalized spacial score (nSPS) is 11.3. The van der Waals surface area contributed by atoms with Crippen LogP contribution < -0.4 is 11.2 Å². The van der Waals surface area contributed by atoms with Crippen molar-refractivity contribution in [2.24, 2.45) is 0 Å². The molecule has 130 valence electrons. The van der Waals surface area contributed by atoms with Crippen molar-refractivity contribution in [1.82, 2.24) is 14.5 Å². The number of fused-ring (bicyclic) bond motifs is 1. The summed E-state index contributed by atoms with van der Waals surface area (Å²) in [6.45, 7) is 2.07. The molecule has 1 aromatic heterocycles. The third-order valence-electron chi connectivity index (χ3n) is 4.16. The second-order valence-electron chi connectivity index (χ2n) is 6.15. The van der Waals surface area contributed by atoms with Crippen LogP contribution in [0.5, 0.6) is 0 Å². The average molecular weight is 449 g/mol. The Labute approximate surface area is 159 Å². The maximum absolute atomic E-state index is 12.6. The van der Waals surface area contributed by atoms with Crippen molar-refractivity contribution >= 4 is 33.5 Å². The molecule has 1 heterocycles. The van der Waals surface area contributed by atoms with Crippen LogP contribution in [0.4, 0.5) is 0 Å². The van der Waals surface area contributed by atoms with Gasteiger partial charge in [-0.05, 0) is 66.4 Å². The van der Waals surface area contributed by atoms with E-state index in [-0.39, 0.29) is 11.2 Å². The van der Waals surface area contributed by atoms with Crippen molar-refractivity contribution in [3.63, 3.8) is 0 Å². The number of nitrogens with zero attached hydrogens (tertiary/aromatic N) is 2. The van der Waals surface area contributed by atoms with Gasteiger partial charge < -0.3 is 9.88 Å². The van der Waals surface area contributed by atoms with Gasteiger partial charge in [-0.15, -0.1) is 0 Å². The van der Waals surface area contributed by atoms with Crippen molar-refractivity contribution in [3.8, 4) is 0 Å². The predicted octanol–water partition coefficient (Wildman–Crippen LogP) is 2.82. The number of rotatable bonds is 6. The molecule has 0 amide bonds. The first-order chi connectivity index (χ1) is 12.0. The Kier molecular flexibility index (Phi) is 5.70. The van der Waals surface area contributed by atoms with Gasteiger partial charge in [0.25, 0.3) is 5.56 Å². The summed E-state index contributed by atoms with van der Waals surface area (Å²) in [5, 5.41) is 0.559. The largest absolute Gasteiger partial charge is 0.328 e. The van der Waals surface area contributed by atoms with Gasteiger partial charge in [-0.2, -0.15) is 0 Å². The van der Waals surface area contributed by atoms with Gasteiger partial charge in [0.2, 0.25) is 0 Å². The molecule has 0 atom stereocenters. The summed E-state index contributed by atoms with van der Waals surface area (Å²) in [6, 6.07) is 15.7. The van der Waals surface area contributed by atoms with E-state index in [1.807, 2.05) is 37.4 Å². The SMILES string of the molecule is CN(CCCn1c(=O)[nH]c2ccc(I)cc2c1=O)Cc1ccccc1. The van der Waals surface area contributed by atoms with E-state index in [9.17, 15) is 9.59 Å². The molecule has 0 saturated carbocycles. The predicted molar refractivity (Wildman–Crippen MR) is 109 cm³/mol. The van der Waals surface area contributed by atoms with Crippen LogP contribution in [0.25, 0.3) is 10.9 Å². The lowest BCUT2D eigenvalue weighted by atomic mass is 10.2. The molecule has 6 heteroatoms. The minimum absolute atomic E-state index is 0.219. The Morgan fingerprint density at radius 1 is 1.12 bits per heavy atom. The lowest BCUT2D eigenvalue weighted by molar-refractivity contribution is 0.312. The van der Waals surface area contributed by atoms with Crippen LogP contribution in [-0.4, -0.2) is 28.0 Å². The molecule has 0 saturated heterocycles. The Balaban J connectivity index is 1.69. The van der Waals surface area contributed by atoms with E-state index in [0.717, 1.165) is 23.1 Å². The molecule has 0 aliphatic rings. The fraction of sp³-hybridized carbons (Fsp3) is 0.263. The van der Waals surface area contributed by atoms with E-state index < -0.39 is 0 Å². The molecule has 0 bridgehead atoms. The summed E-state index contributed by atoms with van der Waals surface area (Å²) in [7, 11) is 2.04. The van der Waals surface area contributed by atoms with E-state index >= 15 is 0 Å². The van der Waals surface area contributed by atoms with Crippen molar-refractivity contribution in [2.45, 2.75) is 19.5 Å². The molecule has 3 aromatic rings. The fourth-order valence-corrected chi connectivity index (χ4v) is 3.39. The van der Waals surface area contributed by atoms with Gasteiger partial charge in [0.1, 0.15) is 0 Å². The highest BCUT2D eigenvalue weighted by atomic mass is 127. The fourth-order valence-electron chi connectivity index (χ4n) is 2.90. The summed E-state index contributed by atoms with van der Waals surface area (Å²) in [4.78, 5) is 29.8. The van der Waals surface area contributed by atoms with Gasteiger partial charge >= 0.3 is 5.69 Å². The zero-order chi connectivity index (χ0) is 17.8. The second kappa shape index (κ2) is 7.97. The molecule has 0 aliphatic carbocycles. The number of halogens is 1. The highest BCUT2D eigenvalue weighted by molar-refractivity contribution is 14.1. The highest BCUT2D eigenvalue weighted by Gasteiger charge is 2.08. The smallest absolute Gasteiger partial charge is 0.307 e. The van der Waals surface area contributed by atoms with Crippen molar-refractivity contribution in [1.29, 1.82) is 0 Å². The Morgan fingerprint density at radius 3 is 2.64 bits per heavy atom. The van der Waals surface area contributed by atoms with Crippen LogP contribution in [0.3, 0.4) is 0 Å². The first-order valence-electron chi connectivity index (χ1n) is 8.19. The second-order valence-corrected chi connectivity index (χ2v) is 7.40. The summed E-state index contributed by atoms with van der Waals surface area (Å²) >= 11 is 2.17. The van der Waals surface area contributed by atoms with Crippen LogP contribution in [0.1, 0.15) is 12.0 Å². The first-order valence-corrected chi connectivity index (χ1v) is 9.27. The number of hydrogen-bond donors (Lipinski definition) is 1. The first kappa shape index (κ1) is 17.9. The van der Waals surface area contributed by atoms with Gasteiger partial charge in [0.15, 0.2) is 0 Å².